The van der Waals surface area contributed by atoms with Crippen molar-refractivity contribution >= 4 is 11.3 Å². The predicted molar refractivity (Wildman–Crippen MR) is 81.4 cm³/mol. The number of thiophene rings is 1. The summed E-state index contributed by atoms with van der Waals surface area (Å²) >= 11 is 1.83. The Balaban J connectivity index is 2.06. The number of likely N-dealkylation sites (N-methyl/N-ethyl adjacent to an activating group) is 1. The Hall–Kier alpha value is -0.420. The predicted octanol–water partition coefficient (Wildman–Crippen LogP) is 2.28. The summed E-state index contributed by atoms with van der Waals surface area (Å²) in [5.74, 6) is 0. The molecule has 0 spiro atoms. The van der Waals surface area contributed by atoms with E-state index in [1.54, 1.807) is 0 Å². The fraction of sp³-hybridized carbons (Fsp3) is 0.714. The fourth-order valence-corrected chi connectivity index (χ4v) is 2.64. The second kappa shape index (κ2) is 8.64. The highest BCUT2D eigenvalue weighted by atomic mass is 32.1. The molecule has 0 radical (unpaired) electrons. The summed E-state index contributed by atoms with van der Waals surface area (Å²) < 4.78 is 0. The fourth-order valence-electron chi connectivity index (χ4n) is 1.88. The molecule has 3 nitrogen and oxygen atoms in total. The van der Waals surface area contributed by atoms with Crippen molar-refractivity contribution in [1.29, 1.82) is 0 Å². The topological polar surface area (TPSA) is 18.5 Å². The van der Waals surface area contributed by atoms with Crippen molar-refractivity contribution in [2.45, 2.75) is 19.4 Å². The summed E-state index contributed by atoms with van der Waals surface area (Å²) in [4.78, 5) is 6.06. The zero-order chi connectivity index (χ0) is 13.4. The lowest BCUT2D eigenvalue weighted by atomic mass is 10.3. The van der Waals surface area contributed by atoms with Gasteiger partial charge in [-0.3, -0.25) is 0 Å². The Labute approximate surface area is 116 Å². The third-order valence-corrected chi connectivity index (χ3v) is 4.11. The second-order valence-electron chi connectivity index (χ2n) is 5.15. The van der Waals surface area contributed by atoms with Crippen molar-refractivity contribution in [3.63, 3.8) is 0 Å². The molecular weight excluding hydrogens is 242 g/mol. The largest absolute Gasteiger partial charge is 0.309 e. The molecule has 0 fully saturated rings. The minimum absolute atomic E-state index is 0.472. The molecule has 1 aromatic rings. The van der Waals surface area contributed by atoms with Gasteiger partial charge in [0, 0.05) is 24.0 Å². The quantitative estimate of drug-likeness (QED) is 0.742. The number of nitrogens with one attached hydrogen (secondary N) is 1. The number of nitrogens with zero attached hydrogens (tertiary/aromatic N) is 2. The third kappa shape index (κ3) is 6.50. The van der Waals surface area contributed by atoms with Crippen molar-refractivity contribution < 1.29 is 0 Å². The minimum Gasteiger partial charge on any atom is -0.309 e. The van der Waals surface area contributed by atoms with Crippen molar-refractivity contribution in [2.24, 2.45) is 0 Å². The second-order valence-corrected chi connectivity index (χ2v) is 6.13. The van der Waals surface area contributed by atoms with Crippen LogP contribution >= 0.6 is 11.3 Å². The summed E-state index contributed by atoms with van der Waals surface area (Å²) in [6.07, 6.45) is 1.24. The molecule has 1 aromatic heterocycles. The maximum absolute atomic E-state index is 3.57. The van der Waals surface area contributed by atoms with Crippen molar-refractivity contribution in [3.05, 3.63) is 22.4 Å². The molecule has 0 aliphatic heterocycles. The van der Waals surface area contributed by atoms with Gasteiger partial charge in [0.15, 0.2) is 0 Å². The summed E-state index contributed by atoms with van der Waals surface area (Å²) in [7, 11) is 6.46. The first-order chi connectivity index (χ1) is 8.59. The minimum atomic E-state index is 0.472. The van der Waals surface area contributed by atoms with E-state index >= 15 is 0 Å². The maximum Gasteiger partial charge on any atom is 0.0386 e. The van der Waals surface area contributed by atoms with Gasteiger partial charge in [-0.05, 0) is 59.0 Å². The summed E-state index contributed by atoms with van der Waals surface area (Å²) in [5.41, 5.74) is 0. The van der Waals surface area contributed by atoms with Gasteiger partial charge in [-0.1, -0.05) is 6.07 Å². The molecule has 1 N–H and O–H groups in total. The molecule has 1 unspecified atom stereocenters. The van der Waals surface area contributed by atoms with Crippen LogP contribution in [-0.4, -0.2) is 57.1 Å². The Morgan fingerprint density at radius 1 is 1.22 bits per heavy atom. The molecule has 0 aromatic carbocycles. The standard InChI is InChI=1S/C14H27N3S/c1-13(14-7-5-12-18-14)15-8-11-17(4)10-6-9-16(2)3/h5,7,12-13,15H,6,8-11H2,1-4H3. The highest BCUT2D eigenvalue weighted by molar-refractivity contribution is 7.10. The number of hydrogen-bond donors (Lipinski definition) is 1. The molecular formula is C14H27N3S. The van der Waals surface area contributed by atoms with Crippen molar-refractivity contribution in [2.75, 3.05) is 47.3 Å². The highest BCUT2D eigenvalue weighted by Crippen LogP contribution is 2.17. The van der Waals surface area contributed by atoms with Crippen LogP contribution in [0, 0.1) is 0 Å². The van der Waals surface area contributed by atoms with Crippen LogP contribution in [-0.2, 0) is 0 Å². The maximum atomic E-state index is 3.57. The first kappa shape index (κ1) is 15.6. The van der Waals surface area contributed by atoms with Crippen LogP contribution in [0.4, 0.5) is 0 Å². The van der Waals surface area contributed by atoms with Crippen LogP contribution in [0.3, 0.4) is 0 Å². The molecule has 1 atom stereocenters. The van der Waals surface area contributed by atoms with E-state index in [1.165, 1.54) is 24.4 Å². The van der Waals surface area contributed by atoms with E-state index in [9.17, 15) is 0 Å². The number of rotatable bonds is 9. The van der Waals surface area contributed by atoms with Crippen molar-refractivity contribution in [1.82, 2.24) is 15.1 Å². The Bertz CT molecular complexity index is 298. The molecule has 1 rings (SSSR count). The van der Waals surface area contributed by atoms with E-state index in [4.69, 9.17) is 0 Å². The Morgan fingerprint density at radius 2 is 2.00 bits per heavy atom. The van der Waals surface area contributed by atoms with Crippen LogP contribution < -0.4 is 5.32 Å². The Morgan fingerprint density at radius 3 is 2.61 bits per heavy atom. The van der Waals surface area contributed by atoms with Gasteiger partial charge in [-0.15, -0.1) is 11.3 Å². The molecule has 0 amide bonds. The summed E-state index contributed by atoms with van der Waals surface area (Å²) in [6.45, 7) is 6.75. The first-order valence-electron chi connectivity index (χ1n) is 6.69. The van der Waals surface area contributed by atoms with E-state index < -0.39 is 0 Å². The lowest BCUT2D eigenvalue weighted by Gasteiger charge is -2.19. The average Bonchev–Trinajstić information content (AvgIpc) is 2.81. The highest BCUT2D eigenvalue weighted by Gasteiger charge is 2.05. The van der Waals surface area contributed by atoms with Gasteiger partial charge in [-0.2, -0.15) is 0 Å². The van der Waals surface area contributed by atoms with Gasteiger partial charge in [-0.25, -0.2) is 0 Å². The molecule has 4 heteroatoms. The Kier molecular flexibility index (Phi) is 7.51. The molecule has 1 heterocycles. The SMILES string of the molecule is CC(NCCN(C)CCCN(C)C)c1cccs1. The van der Waals surface area contributed by atoms with Gasteiger partial charge < -0.3 is 15.1 Å². The van der Waals surface area contributed by atoms with Gasteiger partial charge >= 0.3 is 0 Å². The third-order valence-electron chi connectivity index (χ3n) is 3.06. The molecule has 0 saturated heterocycles. The van der Waals surface area contributed by atoms with Gasteiger partial charge in [0.25, 0.3) is 0 Å². The zero-order valence-electron chi connectivity index (χ0n) is 12.1. The lowest BCUT2D eigenvalue weighted by molar-refractivity contribution is 0.296. The van der Waals surface area contributed by atoms with Gasteiger partial charge in [0.2, 0.25) is 0 Å². The van der Waals surface area contributed by atoms with Crippen LogP contribution in [0.25, 0.3) is 0 Å². The molecule has 0 bridgehead atoms. The smallest absolute Gasteiger partial charge is 0.0386 e. The molecule has 0 aliphatic rings. The van der Waals surface area contributed by atoms with Crippen molar-refractivity contribution in [3.8, 4) is 0 Å². The lowest BCUT2D eigenvalue weighted by Crippen LogP contribution is -2.32. The molecule has 0 aliphatic carbocycles. The average molecular weight is 269 g/mol. The van der Waals surface area contributed by atoms with Crippen LogP contribution in [0.1, 0.15) is 24.3 Å². The van der Waals surface area contributed by atoms with Gasteiger partial charge in [0.05, 0.1) is 0 Å². The van der Waals surface area contributed by atoms with E-state index in [1.807, 2.05) is 11.3 Å². The number of hydrogen-bond acceptors (Lipinski definition) is 4. The normalized spacial score (nSPS) is 13.4. The molecule has 0 saturated carbocycles. The summed E-state index contributed by atoms with van der Waals surface area (Å²) in [5, 5.41) is 5.71. The molecule has 104 valence electrons. The monoisotopic (exact) mass is 269 g/mol. The first-order valence-corrected chi connectivity index (χ1v) is 7.57. The van der Waals surface area contributed by atoms with Crippen LogP contribution in [0.5, 0.6) is 0 Å². The zero-order valence-corrected chi connectivity index (χ0v) is 13.0. The van der Waals surface area contributed by atoms with Crippen LogP contribution in [0.2, 0.25) is 0 Å². The van der Waals surface area contributed by atoms with E-state index in [0.29, 0.717) is 6.04 Å². The van der Waals surface area contributed by atoms with E-state index in [0.717, 1.165) is 13.1 Å². The molecule has 18 heavy (non-hydrogen) atoms. The summed E-state index contributed by atoms with van der Waals surface area (Å²) in [6, 6.07) is 4.79. The van der Waals surface area contributed by atoms with Gasteiger partial charge in [0.1, 0.15) is 0 Å². The van der Waals surface area contributed by atoms with E-state index in [-0.39, 0.29) is 0 Å². The van der Waals surface area contributed by atoms with Crippen LogP contribution in [0.15, 0.2) is 17.5 Å². The van der Waals surface area contributed by atoms with E-state index in [2.05, 4.69) is 60.7 Å².